The summed E-state index contributed by atoms with van der Waals surface area (Å²) >= 11 is 10.9. The van der Waals surface area contributed by atoms with Gasteiger partial charge in [0, 0.05) is 39.8 Å². The van der Waals surface area contributed by atoms with Crippen molar-refractivity contribution in [1.82, 2.24) is 10.2 Å². The van der Waals surface area contributed by atoms with Crippen molar-refractivity contribution in [1.29, 1.82) is 0 Å². The van der Waals surface area contributed by atoms with Crippen LogP contribution in [0.25, 0.3) is 0 Å². The Morgan fingerprint density at radius 3 is 2.33 bits per heavy atom. The van der Waals surface area contributed by atoms with E-state index in [9.17, 15) is 14.0 Å². The van der Waals surface area contributed by atoms with Crippen molar-refractivity contribution in [3.05, 3.63) is 105 Å². The number of hydrogen-bond acceptors (Lipinski definition) is 3. The van der Waals surface area contributed by atoms with E-state index in [-0.39, 0.29) is 35.9 Å². The van der Waals surface area contributed by atoms with Crippen LogP contribution in [-0.4, -0.2) is 34.6 Å². The lowest BCUT2D eigenvalue weighted by Crippen LogP contribution is -2.52. The highest BCUT2D eigenvalue weighted by Crippen LogP contribution is 2.25. The van der Waals surface area contributed by atoms with Crippen LogP contribution < -0.4 is 5.32 Å². The monoisotopic (exact) mass is 590 g/mol. The topological polar surface area (TPSA) is 49.4 Å². The molecule has 1 N–H and O–H groups in total. The average Bonchev–Trinajstić information content (AvgIpc) is 2.84. The summed E-state index contributed by atoms with van der Waals surface area (Å²) in [5.41, 5.74) is 2.24. The minimum atomic E-state index is -0.705. The molecule has 4 nitrogen and oxygen atoms in total. The fourth-order valence-corrected chi connectivity index (χ4v) is 5.23. The lowest BCUT2D eigenvalue weighted by Gasteiger charge is -2.32. The Morgan fingerprint density at radius 1 is 1.00 bits per heavy atom. The maximum Gasteiger partial charge on any atom is 0.243 e. The number of nitrogens with one attached hydrogen (secondary N) is 1. The molecule has 8 heteroatoms. The summed E-state index contributed by atoms with van der Waals surface area (Å²) in [6, 6.07) is 21.1. The van der Waals surface area contributed by atoms with Crippen LogP contribution in [0.3, 0.4) is 0 Å². The van der Waals surface area contributed by atoms with Gasteiger partial charge in [0.25, 0.3) is 0 Å². The normalized spacial score (nSPS) is 11.8. The van der Waals surface area contributed by atoms with Crippen LogP contribution in [-0.2, 0) is 28.3 Å². The quantitative estimate of drug-likeness (QED) is 0.272. The predicted octanol–water partition coefficient (Wildman–Crippen LogP) is 6.64. The first-order valence-corrected chi connectivity index (χ1v) is 14.0. The first kappa shape index (κ1) is 28.2. The molecule has 0 spiro atoms. The molecule has 0 aliphatic rings. The molecule has 190 valence electrons. The Morgan fingerprint density at radius 2 is 1.69 bits per heavy atom. The van der Waals surface area contributed by atoms with Crippen LogP contribution in [0.4, 0.5) is 4.39 Å². The number of nitrogens with zero attached hydrogens (tertiary/aromatic N) is 1. The second-order valence-electron chi connectivity index (χ2n) is 8.71. The molecule has 3 aromatic rings. The van der Waals surface area contributed by atoms with Gasteiger partial charge in [0.2, 0.25) is 11.8 Å². The second kappa shape index (κ2) is 13.8. The van der Waals surface area contributed by atoms with E-state index in [4.69, 9.17) is 11.6 Å². The van der Waals surface area contributed by atoms with Gasteiger partial charge in [-0.3, -0.25) is 9.59 Å². The maximum atomic E-state index is 14.2. The van der Waals surface area contributed by atoms with Gasteiger partial charge in [-0.1, -0.05) is 76.1 Å². The lowest BCUT2D eigenvalue weighted by atomic mass is 10.0. The van der Waals surface area contributed by atoms with E-state index in [1.807, 2.05) is 68.4 Å². The number of hydrogen-bond donors (Lipinski definition) is 1. The highest BCUT2D eigenvalue weighted by molar-refractivity contribution is 9.10. The van der Waals surface area contributed by atoms with E-state index in [1.54, 1.807) is 17.0 Å². The Balaban J connectivity index is 1.86. The third-order valence-electron chi connectivity index (χ3n) is 5.50. The molecule has 0 aliphatic carbocycles. The van der Waals surface area contributed by atoms with Gasteiger partial charge >= 0.3 is 0 Å². The molecule has 0 aliphatic heterocycles. The summed E-state index contributed by atoms with van der Waals surface area (Å²) in [5, 5.41) is 3.31. The van der Waals surface area contributed by atoms with Crippen LogP contribution in [0.2, 0.25) is 5.02 Å². The van der Waals surface area contributed by atoms with Crippen molar-refractivity contribution in [2.24, 2.45) is 0 Å². The van der Waals surface area contributed by atoms with Crippen molar-refractivity contribution >= 4 is 51.1 Å². The first-order valence-electron chi connectivity index (χ1n) is 11.6. The first-order chi connectivity index (χ1) is 17.2. The number of rotatable bonds is 11. The number of thioether (sulfide) groups is 1. The van der Waals surface area contributed by atoms with Gasteiger partial charge in [-0.05, 0) is 49.2 Å². The van der Waals surface area contributed by atoms with E-state index < -0.39 is 11.9 Å². The molecule has 2 amide bonds. The van der Waals surface area contributed by atoms with Gasteiger partial charge in [0.15, 0.2) is 0 Å². The van der Waals surface area contributed by atoms with Gasteiger partial charge in [0.05, 0.1) is 5.75 Å². The van der Waals surface area contributed by atoms with Gasteiger partial charge in [-0.25, -0.2) is 4.39 Å². The Labute approximate surface area is 229 Å². The Kier molecular flexibility index (Phi) is 10.8. The number of carbonyl (C=O) groups is 2. The molecular formula is C28H29BrClFN2O2S. The standard InChI is InChI=1S/C28H29BrClFN2O2S/c1-19(2)32-28(35)26(15-20-7-4-3-5-8-20)33(16-21-11-13-22(29)14-12-21)27(34)18-36-17-23-24(30)9-6-10-25(23)31/h3-14,19,26H,15-18H2,1-2H3,(H,32,35). The van der Waals surface area contributed by atoms with Crippen molar-refractivity contribution in [3.8, 4) is 0 Å². The van der Waals surface area contributed by atoms with Gasteiger partial charge in [0.1, 0.15) is 11.9 Å². The second-order valence-corrected chi connectivity index (χ2v) is 11.0. The van der Waals surface area contributed by atoms with E-state index in [0.717, 1.165) is 15.6 Å². The summed E-state index contributed by atoms with van der Waals surface area (Å²) in [7, 11) is 0. The summed E-state index contributed by atoms with van der Waals surface area (Å²) in [6.07, 6.45) is 0.380. The smallest absolute Gasteiger partial charge is 0.243 e. The van der Waals surface area contributed by atoms with Crippen LogP contribution in [0, 0.1) is 5.82 Å². The number of amides is 2. The highest BCUT2D eigenvalue weighted by Gasteiger charge is 2.30. The molecule has 3 aromatic carbocycles. The van der Waals surface area contributed by atoms with Crippen molar-refractivity contribution in [2.45, 2.75) is 44.6 Å². The van der Waals surface area contributed by atoms with Crippen molar-refractivity contribution in [3.63, 3.8) is 0 Å². The molecule has 0 fully saturated rings. The Hall–Kier alpha value is -2.35. The SMILES string of the molecule is CC(C)NC(=O)C(Cc1ccccc1)N(Cc1ccc(Br)cc1)C(=O)CSCc1c(F)cccc1Cl. The van der Waals surface area contributed by atoms with E-state index in [1.165, 1.54) is 17.8 Å². The zero-order valence-electron chi connectivity index (χ0n) is 20.2. The number of benzene rings is 3. The van der Waals surface area contributed by atoms with Crippen LogP contribution in [0.5, 0.6) is 0 Å². The van der Waals surface area contributed by atoms with Crippen LogP contribution in [0.15, 0.2) is 77.3 Å². The number of carbonyl (C=O) groups excluding carboxylic acids is 2. The minimum absolute atomic E-state index is 0.0713. The summed E-state index contributed by atoms with van der Waals surface area (Å²) in [6.45, 7) is 4.06. The molecule has 1 unspecified atom stereocenters. The third-order valence-corrected chi connectivity index (χ3v) is 7.33. The molecule has 0 saturated heterocycles. The predicted molar refractivity (Wildman–Crippen MR) is 149 cm³/mol. The molecule has 0 saturated carbocycles. The van der Waals surface area contributed by atoms with Crippen molar-refractivity contribution < 1.29 is 14.0 Å². The zero-order valence-corrected chi connectivity index (χ0v) is 23.4. The number of halogens is 3. The van der Waals surface area contributed by atoms with E-state index in [2.05, 4.69) is 21.2 Å². The fourth-order valence-electron chi connectivity index (χ4n) is 3.71. The third kappa shape index (κ3) is 8.36. The van der Waals surface area contributed by atoms with Crippen molar-refractivity contribution in [2.75, 3.05) is 5.75 Å². The average molecular weight is 592 g/mol. The molecule has 0 heterocycles. The van der Waals surface area contributed by atoms with Gasteiger partial charge < -0.3 is 10.2 Å². The fraction of sp³-hybridized carbons (Fsp3) is 0.286. The zero-order chi connectivity index (χ0) is 26.1. The molecule has 36 heavy (non-hydrogen) atoms. The van der Waals surface area contributed by atoms with E-state index in [0.29, 0.717) is 17.0 Å². The largest absolute Gasteiger partial charge is 0.352 e. The van der Waals surface area contributed by atoms with Crippen LogP contribution in [0.1, 0.15) is 30.5 Å². The lowest BCUT2D eigenvalue weighted by molar-refractivity contribution is -0.139. The maximum absolute atomic E-state index is 14.2. The Bertz CT molecular complexity index is 1140. The molecular weight excluding hydrogens is 563 g/mol. The summed E-state index contributed by atoms with van der Waals surface area (Å²) < 4.78 is 15.1. The molecule has 0 aromatic heterocycles. The molecule has 3 rings (SSSR count). The van der Waals surface area contributed by atoms with Gasteiger partial charge in [-0.2, -0.15) is 0 Å². The molecule has 1 atom stereocenters. The minimum Gasteiger partial charge on any atom is -0.352 e. The molecule has 0 radical (unpaired) electrons. The highest BCUT2D eigenvalue weighted by atomic mass is 79.9. The van der Waals surface area contributed by atoms with Crippen LogP contribution >= 0.6 is 39.3 Å². The van der Waals surface area contributed by atoms with E-state index >= 15 is 0 Å². The summed E-state index contributed by atoms with van der Waals surface area (Å²) in [4.78, 5) is 28.6. The molecule has 0 bridgehead atoms. The summed E-state index contributed by atoms with van der Waals surface area (Å²) in [5.74, 6) is -0.462. The van der Waals surface area contributed by atoms with Gasteiger partial charge in [-0.15, -0.1) is 11.8 Å².